The number of epoxide rings is 1. The molecule has 3 unspecified atom stereocenters. The summed E-state index contributed by atoms with van der Waals surface area (Å²) in [5.74, 6) is -1.01. The Morgan fingerprint density at radius 1 is 1.37 bits per heavy atom. The van der Waals surface area contributed by atoms with Gasteiger partial charge in [0.2, 0.25) is 5.91 Å². The first-order chi connectivity index (χ1) is 8.87. The minimum atomic E-state index is -1.05. The van der Waals surface area contributed by atoms with Crippen molar-refractivity contribution in [3.63, 3.8) is 0 Å². The van der Waals surface area contributed by atoms with E-state index in [0.29, 0.717) is 17.6 Å². The van der Waals surface area contributed by atoms with E-state index in [9.17, 15) is 9.59 Å². The number of rotatable bonds is 2. The molecule has 19 heavy (non-hydrogen) atoms. The van der Waals surface area contributed by atoms with Crippen LogP contribution in [0.4, 0.5) is 0 Å². The number of likely N-dealkylation sites (tertiary alicyclic amines) is 1. The highest BCUT2D eigenvalue weighted by Crippen LogP contribution is 2.54. The van der Waals surface area contributed by atoms with Gasteiger partial charge in [-0.3, -0.25) is 14.5 Å². The Kier molecular flexibility index (Phi) is 3.62. The average Bonchev–Trinajstić information content (AvgIpc) is 3.17. The van der Waals surface area contributed by atoms with Crippen LogP contribution >= 0.6 is 63.7 Å². The predicted molar refractivity (Wildman–Crippen MR) is 83.5 cm³/mol. The number of ether oxygens (including phenoxy) is 1. The van der Waals surface area contributed by atoms with E-state index in [4.69, 9.17) is 4.74 Å². The highest BCUT2D eigenvalue weighted by atomic mass is 79.9. The van der Waals surface area contributed by atoms with Gasteiger partial charge in [0.15, 0.2) is 4.32 Å². The summed E-state index contributed by atoms with van der Waals surface area (Å²) in [7, 11) is 0. The lowest BCUT2D eigenvalue weighted by molar-refractivity contribution is -0.139. The van der Waals surface area contributed by atoms with Crippen LogP contribution in [0.15, 0.2) is 19.5 Å². The summed E-state index contributed by atoms with van der Waals surface area (Å²) in [6, 6.07) is 0. The summed E-state index contributed by atoms with van der Waals surface area (Å²) in [6.45, 7) is 0.933. The molecule has 3 rings (SSSR count). The molecule has 0 radical (unpaired) electrons. The second kappa shape index (κ2) is 4.76. The smallest absolute Gasteiger partial charge is 0.252 e. The van der Waals surface area contributed by atoms with Crippen molar-refractivity contribution in [2.24, 2.45) is 5.92 Å². The molecule has 2 saturated heterocycles. The van der Waals surface area contributed by atoms with E-state index in [0.717, 1.165) is 8.96 Å². The van der Waals surface area contributed by atoms with Crippen LogP contribution in [0.5, 0.6) is 0 Å². The monoisotopic (exact) mass is 517 g/mol. The van der Waals surface area contributed by atoms with Crippen molar-refractivity contribution in [1.29, 1.82) is 0 Å². The second-order valence-corrected chi connectivity index (χ2v) is 8.23. The van der Waals surface area contributed by atoms with Crippen molar-refractivity contribution in [3.8, 4) is 0 Å². The predicted octanol–water partition coefficient (Wildman–Crippen LogP) is 2.80. The zero-order chi connectivity index (χ0) is 13.9. The lowest BCUT2D eigenvalue weighted by Crippen LogP contribution is -2.40. The first-order valence-corrected chi connectivity index (χ1v) is 8.64. The number of nitrogens with zero attached hydrogens (tertiary/aromatic N) is 1. The zero-order valence-corrected chi connectivity index (χ0v) is 15.7. The quantitative estimate of drug-likeness (QED) is 0.320. The summed E-state index contributed by atoms with van der Waals surface area (Å²) >= 11 is 13.7. The number of alkyl halides is 1. The lowest BCUT2D eigenvalue weighted by Gasteiger charge is -2.28. The number of allylic oxidation sites excluding steroid dienone is 2. The molecule has 1 aliphatic carbocycles. The van der Waals surface area contributed by atoms with Gasteiger partial charge >= 0.3 is 0 Å². The van der Waals surface area contributed by atoms with Crippen LogP contribution < -0.4 is 0 Å². The maximum Gasteiger partial charge on any atom is 0.252 e. The third-order valence-corrected chi connectivity index (χ3v) is 8.67. The fraction of sp³-hybridized carbons (Fsp3) is 0.455. The van der Waals surface area contributed by atoms with Crippen molar-refractivity contribution in [2.45, 2.75) is 10.4 Å². The summed E-state index contributed by atoms with van der Waals surface area (Å²) in [6.07, 6.45) is 1.74. The van der Waals surface area contributed by atoms with E-state index < -0.39 is 10.2 Å². The largest absolute Gasteiger partial charge is 0.371 e. The molecule has 0 spiro atoms. The number of carbonyl (C=O) groups excluding carboxylic acids is 2. The molecule has 8 heteroatoms. The number of imide groups is 1. The third-order valence-electron chi connectivity index (χ3n) is 3.34. The minimum Gasteiger partial charge on any atom is -0.371 e. The van der Waals surface area contributed by atoms with Crippen LogP contribution in [0, 0.1) is 5.92 Å². The van der Waals surface area contributed by atoms with Gasteiger partial charge in [-0.2, -0.15) is 0 Å². The number of halogens is 4. The van der Waals surface area contributed by atoms with Crippen LogP contribution in [-0.4, -0.2) is 40.3 Å². The Morgan fingerprint density at radius 2 is 2.00 bits per heavy atom. The Morgan fingerprint density at radius 3 is 2.58 bits per heavy atom. The number of hydrogen-bond acceptors (Lipinski definition) is 3. The standard InChI is InChI=1S/C11H7Br4NO3/c12-6-1-5-9(17)16(2-4-3-19-4)10(18)11(5,15)8(14)7(6)13/h1,4-5H,2-3H2. The van der Waals surface area contributed by atoms with Crippen LogP contribution in [0.1, 0.15) is 0 Å². The van der Waals surface area contributed by atoms with Gasteiger partial charge < -0.3 is 4.74 Å². The normalized spacial score (nSPS) is 37.7. The maximum atomic E-state index is 12.6. The SMILES string of the molecule is O=C1C2C=C(Br)C(Br)=C(Br)C2(Br)C(=O)N1CC1CO1. The first-order valence-electron chi connectivity index (χ1n) is 5.47. The molecule has 3 aliphatic rings. The molecule has 3 atom stereocenters. The molecule has 2 amide bonds. The molecular weight excluding hydrogens is 514 g/mol. The summed E-state index contributed by atoms with van der Waals surface area (Å²) in [4.78, 5) is 26.3. The highest BCUT2D eigenvalue weighted by molar-refractivity contribution is 9.17. The Hall–Kier alpha value is 0.500. The van der Waals surface area contributed by atoms with Gasteiger partial charge in [-0.25, -0.2) is 0 Å². The van der Waals surface area contributed by atoms with Crippen LogP contribution in [0.25, 0.3) is 0 Å². The maximum absolute atomic E-state index is 12.6. The molecule has 2 fully saturated rings. The summed E-state index contributed by atoms with van der Waals surface area (Å²) in [5, 5.41) is 0. The average molecular weight is 521 g/mol. The Balaban J connectivity index is 2.04. The van der Waals surface area contributed by atoms with Gasteiger partial charge in [0.05, 0.1) is 25.2 Å². The molecule has 0 aromatic rings. The Labute approximate surface area is 143 Å². The molecule has 0 saturated carbocycles. The van der Waals surface area contributed by atoms with Gasteiger partial charge in [0, 0.05) is 13.4 Å². The fourth-order valence-corrected chi connectivity index (χ4v) is 5.03. The number of carbonyl (C=O) groups is 2. The van der Waals surface area contributed by atoms with Gasteiger partial charge in [-0.1, -0.05) is 37.9 Å². The van der Waals surface area contributed by atoms with Gasteiger partial charge in [0.25, 0.3) is 5.91 Å². The van der Waals surface area contributed by atoms with Crippen molar-refractivity contribution in [3.05, 3.63) is 19.5 Å². The van der Waals surface area contributed by atoms with E-state index in [2.05, 4.69) is 63.7 Å². The molecule has 4 nitrogen and oxygen atoms in total. The molecule has 0 N–H and O–H groups in total. The molecule has 0 aromatic carbocycles. The van der Waals surface area contributed by atoms with Gasteiger partial charge in [0.1, 0.15) is 0 Å². The molecule has 2 aliphatic heterocycles. The molecule has 102 valence electrons. The minimum absolute atomic E-state index is 0.0113. The van der Waals surface area contributed by atoms with E-state index >= 15 is 0 Å². The van der Waals surface area contributed by atoms with Gasteiger partial charge in [-0.05, 0) is 31.9 Å². The van der Waals surface area contributed by atoms with Gasteiger partial charge in [-0.15, -0.1) is 0 Å². The summed E-state index contributed by atoms with van der Waals surface area (Å²) in [5.41, 5.74) is 0. The second-order valence-electron chi connectivity index (χ2n) is 4.54. The van der Waals surface area contributed by atoms with Crippen molar-refractivity contribution in [2.75, 3.05) is 13.2 Å². The summed E-state index contributed by atoms with van der Waals surface area (Å²) < 4.78 is 6.16. The number of fused-ring (bicyclic) bond motifs is 1. The van der Waals surface area contributed by atoms with Crippen molar-refractivity contribution >= 4 is 75.5 Å². The van der Waals surface area contributed by atoms with Crippen molar-refractivity contribution < 1.29 is 14.3 Å². The third kappa shape index (κ3) is 2.06. The first kappa shape index (κ1) is 14.4. The van der Waals surface area contributed by atoms with Crippen LogP contribution in [0.2, 0.25) is 0 Å². The molecule has 0 bridgehead atoms. The molecule has 2 heterocycles. The molecule has 0 aromatic heterocycles. The number of amides is 2. The number of hydrogen-bond donors (Lipinski definition) is 0. The van der Waals surface area contributed by atoms with Crippen molar-refractivity contribution in [1.82, 2.24) is 4.90 Å². The van der Waals surface area contributed by atoms with Crippen LogP contribution in [-0.2, 0) is 14.3 Å². The fourth-order valence-electron chi connectivity index (χ4n) is 2.22. The highest BCUT2D eigenvalue weighted by Gasteiger charge is 2.61. The van der Waals surface area contributed by atoms with E-state index in [1.807, 2.05) is 0 Å². The molecular formula is C11H7Br4NO3. The lowest BCUT2D eigenvalue weighted by atomic mass is 9.90. The van der Waals surface area contributed by atoms with Crippen LogP contribution in [0.3, 0.4) is 0 Å². The van der Waals surface area contributed by atoms with E-state index in [1.165, 1.54) is 4.90 Å². The zero-order valence-electron chi connectivity index (χ0n) is 9.33. The Bertz CT molecular complexity index is 554. The van der Waals surface area contributed by atoms with E-state index in [-0.39, 0.29) is 17.9 Å². The van der Waals surface area contributed by atoms with E-state index in [1.54, 1.807) is 6.08 Å². The topological polar surface area (TPSA) is 49.9 Å².